The van der Waals surface area contributed by atoms with Gasteiger partial charge in [-0.1, -0.05) is 6.07 Å². The summed E-state index contributed by atoms with van der Waals surface area (Å²) in [6.45, 7) is 8.36. The van der Waals surface area contributed by atoms with E-state index in [9.17, 15) is 4.79 Å². The van der Waals surface area contributed by atoms with E-state index in [1.165, 1.54) is 22.3 Å². The molecular formula is C19H24O4. The SMILES string of the molecule is CC(C)(C)OC(=O)/C=C/c1c2c(cc3c1CCOC3)COCC2. The van der Waals surface area contributed by atoms with Crippen LogP contribution in [-0.4, -0.2) is 24.8 Å². The third kappa shape index (κ3) is 3.82. The zero-order chi connectivity index (χ0) is 16.4. The molecule has 0 bridgehead atoms. The molecule has 3 rings (SSSR count). The minimum atomic E-state index is -0.474. The summed E-state index contributed by atoms with van der Waals surface area (Å²) >= 11 is 0. The van der Waals surface area contributed by atoms with Crippen LogP contribution in [-0.2, 0) is 45.1 Å². The molecule has 0 aliphatic carbocycles. The molecule has 0 amide bonds. The molecule has 0 unspecified atom stereocenters. The van der Waals surface area contributed by atoms with Crippen molar-refractivity contribution in [3.8, 4) is 0 Å². The van der Waals surface area contributed by atoms with Gasteiger partial charge in [0.1, 0.15) is 5.60 Å². The number of carbonyl (C=O) groups is 1. The molecule has 0 saturated heterocycles. The van der Waals surface area contributed by atoms with Gasteiger partial charge in [-0.15, -0.1) is 0 Å². The van der Waals surface area contributed by atoms with Crippen molar-refractivity contribution in [1.29, 1.82) is 0 Å². The van der Waals surface area contributed by atoms with Crippen molar-refractivity contribution in [3.63, 3.8) is 0 Å². The van der Waals surface area contributed by atoms with Crippen LogP contribution in [0.5, 0.6) is 0 Å². The molecule has 0 atom stereocenters. The number of fused-ring (bicyclic) bond motifs is 2. The lowest BCUT2D eigenvalue weighted by Crippen LogP contribution is -2.22. The molecule has 0 spiro atoms. The minimum Gasteiger partial charge on any atom is -0.457 e. The van der Waals surface area contributed by atoms with E-state index in [4.69, 9.17) is 14.2 Å². The molecule has 23 heavy (non-hydrogen) atoms. The molecule has 4 nitrogen and oxygen atoms in total. The van der Waals surface area contributed by atoms with Gasteiger partial charge < -0.3 is 14.2 Å². The van der Waals surface area contributed by atoms with Crippen LogP contribution in [0.1, 0.15) is 48.6 Å². The van der Waals surface area contributed by atoms with Gasteiger partial charge in [-0.3, -0.25) is 0 Å². The summed E-state index contributed by atoms with van der Waals surface area (Å²) in [5.41, 5.74) is 5.72. The molecule has 0 radical (unpaired) electrons. The van der Waals surface area contributed by atoms with Gasteiger partial charge >= 0.3 is 5.97 Å². The second-order valence-electron chi connectivity index (χ2n) is 7.04. The molecule has 0 fully saturated rings. The average Bonchev–Trinajstić information content (AvgIpc) is 2.49. The molecular weight excluding hydrogens is 292 g/mol. The van der Waals surface area contributed by atoms with Crippen LogP contribution in [0.2, 0.25) is 0 Å². The van der Waals surface area contributed by atoms with Crippen LogP contribution in [0.15, 0.2) is 12.1 Å². The maximum Gasteiger partial charge on any atom is 0.331 e. The van der Waals surface area contributed by atoms with Crippen molar-refractivity contribution in [2.75, 3.05) is 13.2 Å². The molecule has 0 N–H and O–H groups in total. The number of benzene rings is 1. The van der Waals surface area contributed by atoms with E-state index < -0.39 is 5.60 Å². The van der Waals surface area contributed by atoms with Gasteiger partial charge in [0.05, 0.1) is 26.4 Å². The van der Waals surface area contributed by atoms with Crippen LogP contribution < -0.4 is 0 Å². The van der Waals surface area contributed by atoms with Crippen LogP contribution in [0.4, 0.5) is 0 Å². The first kappa shape index (κ1) is 16.2. The molecule has 0 aromatic heterocycles. The van der Waals surface area contributed by atoms with Gasteiger partial charge in [0, 0.05) is 6.08 Å². The quantitative estimate of drug-likeness (QED) is 0.621. The summed E-state index contributed by atoms with van der Waals surface area (Å²) < 4.78 is 16.5. The van der Waals surface area contributed by atoms with E-state index in [0.29, 0.717) is 13.2 Å². The fourth-order valence-electron chi connectivity index (χ4n) is 3.16. The Morgan fingerprint density at radius 3 is 2.17 bits per heavy atom. The normalized spacial score (nSPS) is 17.7. The summed E-state index contributed by atoms with van der Waals surface area (Å²) in [5.74, 6) is -0.303. The minimum absolute atomic E-state index is 0.303. The Morgan fingerprint density at radius 1 is 1.09 bits per heavy atom. The Balaban J connectivity index is 1.95. The highest BCUT2D eigenvalue weighted by Gasteiger charge is 2.21. The first-order valence-electron chi connectivity index (χ1n) is 8.17. The number of ether oxygens (including phenoxy) is 3. The number of esters is 1. The lowest BCUT2D eigenvalue weighted by Gasteiger charge is -2.26. The topological polar surface area (TPSA) is 44.8 Å². The number of hydrogen-bond donors (Lipinski definition) is 0. The van der Waals surface area contributed by atoms with E-state index in [0.717, 1.165) is 31.6 Å². The van der Waals surface area contributed by atoms with Gasteiger partial charge in [-0.25, -0.2) is 4.79 Å². The van der Waals surface area contributed by atoms with Crippen molar-refractivity contribution in [3.05, 3.63) is 40.0 Å². The highest BCUT2D eigenvalue weighted by Crippen LogP contribution is 2.31. The second kappa shape index (κ2) is 6.46. The largest absolute Gasteiger partial charge is 0.457 e. The van der Waals surface area contributed by atoms with Crippen molar-refractivity contribution < 1.29 is 19.0 Å². The van der Waals surface area contributed by atoms with E-state index >= 15 is 0 Å². The van der Waals surface area contributed by atoms with Gasteiger partial charge in [-0.2, -0.15) is 0 Å². The molecule has 124 valence electrons. The summed E-state index contributed by atoms with van der Waals surface area (Å²) in [4.78, 5) is 12.0. The average molecular weight is 316 g/mol. The molecule has 2 heterocycles. The van der Waals surface area contributed by atoms with Crippen molar-refractivity contribution in [1.82, 2.24) is 0 Å². The van der Waals surface area contributed by atoms with Crippen molar-refractivity contribution in [2.45, 2.75) is 52.4 Å². The molecule has 1 aromatic carbocycles. The second-order valence-corrected chi connectivity index (χ2v) is 7.04. The Kier molecular flexibility index (Phi) is 4.55. The third-order valence-corrected chi connectivity index (χ3v) is 4.07. The maximum atomic E-state index is 12.0. The Hall–Kier alpha value is -1.65. The fourth-order valence-corrected chi connectivity index (χ4v) is 3.16. The van der Waals surface area contributed by atoms with E-state index in [-0.39, 0.29) is 5.97 Å². The lowest BCUT2D eigenvalue weighted by atomic mass is 9.87. The van der Waals surface area contributed by atoms with Gasteiger partial charge in [-0.05, 0) is 67.5 Å². The standard InChI is InChI=1S/C19H24O4/c1-19(2,3)23-18(20)5-4-17-15-6-8-21-11-13(15)10-14-12-22-9-7-16(14)17/h4-5,10H,6-9,11-12H2,1-3H3/b5-4+. The summed E-state index contributed by atoms with van der Waals surface area (Å²) in [6, 6.07) is 2.20. The van der Waals surface area contributed by atoms with Gasteiger partial charge in [0.2, 0.25) is 0 Å². The monoisotopic (exact) mass is 316 g/mol. The van der Waals surface area contributed by atoms with Crippen LogP contribution >= 0.6 is 0 Å². The van der Waals surface area contributed by atoms with Gasteiger partial charge in [0.15, 0.2) is 0 Å². The number of rotatable bonds is 2. The van der Waals surface area contributed by atoms with E-state index in [1.54, 1.807) is 6.08 Å². The highest BCUT2D eigenvalue weighted by atomic mass is 16.6. The van der Waals surface area contributed by atoms with Crippen LogP contribution in [0, 0.1) is 0 Å². The Morgan fingerprint density at radius 2 is 1.65 bits per heavy atom. The predicted molar refractivity (Wildman–Crippen MR) is 88.0 cm³/mol. The van der Waals surface area contributed by atoms with Crippen LogP contribution in [0.3, 0.4) is 0 Å². The molecule has 0 saturated carbocycles. The predicted octanol–water partition coefficient (Wildman–Crippen LogP) is 3.19. The van der Waals surface area contributed by atoms with Crippen LogP contribution in [0.25, 0.3) is 6.08 Å². The molecule has 2 aliphatic rings. The summed E-state index contributed by atoms with van der Waals surface area (Å²) in [7, 11) is 0. The summed E-state index contributed by atoms with van der Waals surface area (Å²) in [6.07, 6.45) is 5.24. The Bertz CT molecular complexity index is 604. The third-order valence-electron chi connectivity index (χ3n) is 4.07. The maximum absolute atomic E-state index is 12.0. The van der Waals surface area contributed by atoms with Crippen molar-refractivity contribution in [2.24, 2.45) is 0 Å². The molecule has 1 aromatic rings. The lowest BCUT2D eigenvalue weighted by molar-refractivity contribution is -0.148. The highest BCUT2D eigenvalue weighted by molar-refractivity contribution is 5.88. The summed E-state index contributed by atoms with van der Waals surface area (Å²) in [5, 5.41) is 0. The van der Waals surface area contributed by atoms with Crippen molar-refractivity contribution >= 4 is 12.0 Å². The molecule has 4 heteroatoms. The van der Waals surface area contributed by atoms with E-state index in [2.05, 4.69) is 6.07 Å². The zero-order valence-corrected chi connectivity index (χ0v) is 14.1. The van der Waals surface area contributed by atoms with Gasteiger partial charge in [0.25, 0.3) is 0 Å². The number of carbonyl (C=O) groups excluding carboxylic acids is 1. The molecule has 2 aliphatic heterocycles. The first-order chi connectivity index (χ1) is 10.9. The zero-order valence-electron chi connectivity index (χ0n) is 14.1. The number of hydrogen-bond acceptors (Lipinski definition) is 4. The fraction of sp³-hybridized carbons (Fsp3) is 0.526. The first-order valence-corrected chi connectivity index (χ1v) is 8.17. The van der Waals surface area contributed by atoms with E-state index in [1.807, 2.05) is 26.8 Å². The smallest absolute Gasteiger partial charge is 0.331 e. The Labute approximate surface area is 137 Å².